The predicted octanol–water partition coefficient (Wildman–Crippen LogP) is 2.13. The van der Waals surface area contributed by atoms with E-state index in [9.17, 15) is 4.79 Å². The van der Waals surface area contributed by atoms with Crippen LogP contribution < -0.4 is 5.32 Å². The van der Waals surface area contributed by atoms with Gasteiger partial charge < -0.3 is 19.4 Å². The standard InChI is InChI=1S/C15H26N2O3/c1-11(2)6-13(17(3)4)8-16-9-14-7-12(10-20-14)15(18)19-5/h7,10-11,13,16H,6,8-9H2,1-5H3. The lowest BCUT2D eigenvalue weighted by molar-refractivity contribution is 0.0600. The van der Waals surface area contributed by atoms with Gasteiger partial charge in [0.15, 0.2) is 0 Å². The van der Waals surface area contributed by atoms with Crippen LogP contribution in [0.25, 0.3) is 0 Å². The third kappa shape index (κ3) is 5.35. The highest BCUT2D eigenvalue weighted by atomic mass is 16.5. The van der Waals surface area contributed by atoms with Crippen LogP contribution in [-0.4, -0.2) is 44.7 Å². The number of carbonyl (C=O) groups is 1. The molecule has 0 fully saturated rings. The summed E-state index contributed by atoms with van der Waals surface area (Å²) in [5.74, 6) is 1.04. The van der Waals surface area contributed by atoms with E-state index in [-0.39, 0.29) is 5.97 Å². The van der Waals surface area contributed by atoms with Crippen molar-refractivity contribution in [1.82, 2.24) is 10.2 Å². The highest BCUT2D eigenvalue weighted by molar-refractivity contribution is 5.88. The van der Waals surface area contributed by atoms with Gasteiger partial charge in [0, 0.05) is 12.6 Å². The molecule has 0 spiro atoms. The second-order valence-electron chi connectivity index (χ2n) is 5.67. The molecule has 0 aliphatic carbocycles. The fraction of sp³-hybridized carbons (Fsp3) is 0.667. The first-order chi connectivity index (χ1) is 9.43. The molecule has 1 aromatic rings. The van der Waals surface area contributed by atoms with Gasteiger partial charge in [0.25, 0.3) is 0 Å². The number of likely N-dealkylation sites (N-methyl/N-ethyl adjacent to an activating group) is 1. The van der Waals surface area contributed by atoms with Gasteiger partial charge in [0.2, 0.25) is 0 Å². The van der Waals surface area contributed by atoms with E-state index >= 15 is 0 Å². The van der Waals surface area contributed by atoms with Gasteiger partial charge >= 0.3 is 5.97 Å². The number of carbonyl (C=O) groups excluding carboxylic acids is 1. The van der Waals surface area contributed by atoms with Crippen molar-refractivity contribution in [3.8, 4) is 0 Å². The maximum absolute atomic E-state index is 11.3. The maximum Gasteiger partial charge on any atom is 0.341 e. The smallest absolute Gasteiger partial charge is 0.341 e. The van der Waals surface area contributed by atoms with Crippen LogP contribution in [-0.2, 0) is 11.3 Å². The normalized spacial score (nSPS) is 12.9. The van der Waals surface area contributed by atoms with Crippen LogP contribution in [0.15, 0.2) is 16.7 Å². The summed E-state index contributed by atoms with van der Waals surface area (Å²) in [6, 6.07) is 2.21. The highest BCUT2D eigenvalue weighted by Gasteiger charge is 2.14. The van der Waals surface area contributed by atoms with Gasteiger partial charge in [-0.05, 0) is 32.5 Å². The zero-order valence-corrected chi connectivity index (χ0v) is 13.1. The summed E-state index contributed by atoms with van der Waals surface area (Å²) >= 11 is 0. The van der Waals surface area contributed by atoms with Crippen LogP contribution in [0.3, 0.4) is 0 Å². The number of rotatable bonds is 8. The van der Waals surface area contributed by atoms with Crippen LogP contribution in [0, 0.1) is 5.92 Å². The molecule has 0 radical (unpaired) electrons. The van der Waals surface area contributed by atoms with Crippen LogP contribution in [0.5, 0.6) is 0 Å². The molecule has 0 bridgehead atoms. The zero-order valence-electron chi connectivity index (χ0n) is 13.1. The molecule has 0 aromatic carbocycles. The Balaban J connectivity index is 2.42. The molecule has 1 heterocycles. The largest absolute Gasteiger partial charge is 0.467 e. The van der Waals surface area contributed by atoms with E-state index in [1.807, 2.05) is 0 Å². The van der Waals surface area contributed by atoms with Gasteiger partial charge in [-0.3, -0.25) is 0 Å². The minimum atomic E-state index is -0.369. The Hall–Kier alpha value is -1.33. The van der Waals surface area contributed by atoms with Gasteiger partial charge in [-0.1, -0.05) is 13.8 Å². The van der Waals surface area contributed by atoms with Gasteiger partial charge in [-0.15, -0.1) is 0 Å². The Bertz CT molecular complexity index is 413. The number of ether oxygens (including phenoxy) is 1. The first kappa shape index (κ1) is 16.7. The Labute approximate surface area is 121 Å². The van der Waals surface area contributed by atoms with E-state index in [1.54, 1.807) is 6.07 Å². The number of esters is 1. The molecule has 1 rings (SSSR count). The summed E-state index contributed by atoms with van der Waals surface area (Å²) in [5, 5.41) is 3.37. The molecular formula is C15H26N2O3. The molecule has 0 aliphatic heterocycles. The molecule has 5 nitrogen and oxygen atoms in total. The molecule has 0 saturated carbocycles. The molecule has 0 amide bonds. The number of furan rings is 1. The second-order valence-corrected chi connectivity index (χ2v) is 5.67. The summed E-state index contributed by atoms with van der Waals surface area (Å²) in [4.78, 5) is 13.5. The second kappa shape index (κ2) is 8.07. The van der Waals surface area contributed by atoms with Gasteiger partial charge in [0.1, 0.15) is 12.0 Å². The van der Waals surface area contributed by atoms with Crippen molar-refractivity contribution in [2.24, 2.45) is 5.92 Å². The van der Waals surface area contributed by atoms with Crippen LogP contribution in [0.4, 0.5) is 0 Å². The lowest BCUT2D eigenvalue weighted by atomic mass is 10.0. The quantitative estimate of drug-likeness (QED) is 0.740. The average Bonchev–Trinajstić information content (AvgIpc) is 2.84. The lowest BCUT2D eigenvalue weighted by Gasteiger charge is -2.26. The van der Waals surface area contributed by atoms with E-state index < -0.39 is 0 Å². The first-order valence-corrected chi connectivity index (χ1v) is 6.97. The summed E-state index contributed by atoms with van der Waals surface area (Å²) in [6.45, 7) is 5.95. The van der Waals surface area contributed by atoms with Crippen LogP contribution in [0.2, 0.25) is 0 Å². The Morgan fingerprint density at radius 2 is 2.15 bits per heavy atom. The molecule has 20 heavy (non-hydrogen) atoms. The van der Waals surface area contributed by atoms with E-state index in [2.05, 4.69) is 42.9 Å². The highest BCUT2D eigenvalue weighted by Crippen LogP contribution is 2.10. The van der Waals surface area contributed by atoms with Crippen molar-refractivity contribution in [1.29, 1.82) is 0 Å². The minimum Gasteiger partial charge on any atom is -0.467 e. The summed E-state index contributed by atoms with van der Waals surface area (Å²) in [5.41, 5.74) is 0.454. The van der Waals surface area contributed by atoms with Crippen molar-refractivity contribution < 1.29 is 13.9 Å². The maximum atomic E-state index is 11.3. The topological polar surface area (TPSA) is 54.7 Å². The molecule has 0 aliphatic rings. The molecule has 114 valence electrons. The molecule has 1 aromatic heterocycles. The van der Waals surface area contributed by atoms with Crippen molar-refractivity contribution >= 4 is 5.97 Å². The first-order valence-electron chi connectivity index (χ1n) is 6.97. The van der Waals surface area contributed by atoms with Crippen LogP contribution >= 0.6 is 0 Å². The lowest BCUT2D eigenvalue weighted by Crippen LogP contribution is -2.38. The summed E-state index contributed by atoms with van der Waals surface area (Å²) in [6.07, 6.45) is 2.58. The van der Waals surface area contributed by atoms with E-state index in [1.165, 1.54) is 13.4 Å². The van der Waals surface area contributed by atoms with Gasteiger partial charge in [0.05, 0.1) is 19.2 Å². The number of methoxy groups -OCH3 is 1. The van der Waals surface area contributed by atoms with Crippen molar-refractivity contribution in [3.05, 3.63) is 23.7 Å². The van der Waals surface area contributed by atoms with Gasteiger partial charge in [-0.25, -0.2) is 4.79 Å². The number of hydrogen-bond acceptors (Lipinski definition) is 5. The Morgan fingerprint density at radius 1 is 1.45 bits per heavy atom. The zero-order chi connectivity index (χ0) is 15.1. The molecule has 5 heteroatoms. The number of nitrogens with one attached hydrogen (secondary N) is 1. The van der Waals surface area contributed by atoms with Crippen LogP contribution in [0.1, 0.15) is 36.4 Å². The molecular weight excluding hydrogens is 256 g/mol. The third-order valence-electron chi connectivity index (χ3n) is 3.23. The molecule has 1 atom stereocenters. The van der Waals surface area contributed by atoms with E-state index in [0.717, 1.165) is 18.7 Å². The van der Waals surface area contributed by atoms with Crippen molar-refractivity contribution in [3.63, 3.8) is 0 Å². The fourth-order valence-corrected chi connectivity index (χ4v) is 2.08. The molecule has 1 N–H and O–H groups in total. The third-order valence-corrected chi connectivity index (χ3v) is 3.23. The van der Waals surface area contributed by atoms with Gasteiger partial charge in [-0.2, -0.15) is 0 Å². The van der Waals surface area contributed by atoms with E-state index in [4.69, 9.17) is 4.42 Å². The number of hydrogen-bond donors (Lipinski definition) is 1. The van der Waals surface area contributed by atoms with Crippen molar-refractivity contribution in [2.45, 2.75) is 32.9 Å². The minimum absolute atomic E-state index is 0.369. The fourth-order valence-electron chi connectivity index (χ4n) is 2.08. The SMILES string of the molecule is COC(=O)c1coc(CNCC(CC(C)C)N(C)C)c1. The monoisotopic (exact) mass is 282 g/mol. The average molecular weight is 282 g/mol. The molecule has 1 unspecified atom stereocenters. The Morgan fingerprint density at radius 3 is 2.70 bits per heavy atom. The van der Waals surface area contributed by atoms with E-state index in [0.29, 0.717) is 24.1 Å². The summed E-state index contributed by atoms with van der Waals surface area (Å²) < 4.78 is 9.98. The summed E-state index contributed by atoms with van der Waals surface area (Å²) in [7, 11) is 5.55. The Kier molecular flexibility index (Phi) is 6.75. The predicted molar refractivity (Wildman–Crippen MR) is 78.7 cm³/mol. The molecule has 0 saturated heterocycles. The van der Waals surface area contributed by atoms with Crippen molar-refractivity contribution in [2.75, 3.05) is 27.7 Å². The number of nitrogens with zero attached hydrogens (tertiary/aromatic N) is 1.